The van der Waals surface area contributed by atoms with E-state index in [4.69, 9.17) is 14.9 Å². The average molecular weight is 394 g/mol. The Morgan fingerprint density at radius 3 is 2.88 bits per heavy atom. The molecule has 0 aliphatic rings. The molecule has 0 saturated heterocycles. The minimum absolute atomic E-state index is 0.191. The predicted molar refractivity (Wildman–Crippen MR) is 101 cm³/mol. The highest BCUT2D eigenvalue weighted by molar-refractivity contribution is 8.00. The third kappa shape index (κ3) is 3.73. The van der Waals surface area contributed by atoms with Gasteiger partial charge in [-0.3, -0.25) is 0 Å². The largest absolute Gasteiger partial charge is 0.462 e. The lowest BCUT2D eigenvalue weighted by molar-refractivity contribution is 0.0526. The molecule has 0 unspecified atom stereocenters. The molecule has 3 rings (SSSR count). The van der Waals surface area contributed by atoms with E-state index >= 15 is 0 Å². The monoisotopic (exact) mass is 394 g/mol. The van der Waals surface area contributed by atoms with Gasteiger partial charge in [0.2, 0.25) is 10.8 Å². The minimum Gasteiger partial charge on any atom is -0.462 e. The van der Waals surface area contributed by atoms with Crippen molar-refractivity contribution in [1.29, 1.82) is 0 Å². The van der Waals surface area contributed by atoms with Gasteiger partial charge in [0.15, 0.2) is 4.34 Å². The number of nitrogens with two attached hydrogens (primary N) is 1. The van der Waals surface area contributed by atoms with Gasteiger partial charge in [-0.25, -0.2) is 9.78 Å². The number of hydrogen-bond acceptors (Lipinski definition) is 11. The van der Waals surface area contributed by atoms with Crippen LogP contribution < -0.4 is 11.1 Å². The Bertz CT molecular complexity index is 939. The van der Waals surface area contributed by atoms with Gasteiger partial charge in [-0.15, -0.1) is 10.2 Å². The molecule has 0 radical (unpaired) electrons. The van der Waals surface area contributed by atoms with Crippen molar-refractivity contribution < 1.29 is 13.9 Å². The molecule has 3 aromatic rings. The first-order valence-corrected chi connectivity index (χ1v) is 9.76. The molecule has 26 heavy (non-hydrogen) atoms. The Kier molecular flexibility index (Phi) is 5.57. The van der Waals surface area contributed by atoms with Crippen molar-refractivity contribution in [2.24, 2.45) is 0 Å². The number of carbonyl (C=O) groups excluding carboxylic acids is 1. The minimum atomic E-state index is -0.494. The first kappa shape index (κ1) is 18.4. The number of aryl methyl sites for hydroxylation is 1. The summed E-state index contributed by atoms with van der Waals surface area (Å²) in [7, 11) is 0. The van der Waals surface area contributed by atoms with Crippen molar-refractivity contribution in [2.45, 2.75) is 30.9 Å². The number of esters is 1. The number of nitrogens with zero attached hydrogens (tertiary/aromatic N) is 4. The fraction of sp³-hybridized carbons (Fsp3) is 0.400. The summed E-state index contributed by atoms with van der Waals surface area (Å²) in [5.74, 6) is 1.05. The Labute approximate surface area is 157 Å². The number of thioether (sulfide) groups is 1. The van der Waals surface area contributed by atoms with Crippen molar-refractivity contribution in [3.05, 3.63) is 17.1 Å². The Morgan fingerprint density at radius 1 is 1.35 bits per heavy atom. The number of fused-ring (bicyclic) bond motifs is 1. The SMILES string of the molecule is CCNc1nnc(SCc2nc(N)c3c(C(=O)OCC)c(C)oc3n2)s1. The fourth-order valence-corrected chi connectivity index (χ4v) is 3.99. The molecule has 0 aromatic carbocycles. The van der Waals surface area contributed by atoms with Gasteiger partial charge >= 0.3 is 5.97 Å². The predicted octanol–water partition coefficient (Wildman–Crippen LogP) is 2.87. The molecule has 0 fully saturated rings. The van der Waals surface area contributed by atoms with Crippen molar-refractivity contribution in [1.82, 2.24) is 20.2 Å². The molecule has 3 aromatic heterocycles. The summed E-state index contributed by atoms with van der Waals surface area (Å²) in [4.78, 5) is 20.8. The number of aromatic nitrogens is 4. The summed E-state index contributed by atoms with van der Waals surface area (Å²) in [6, 6.07) is 0. The smallest absolute Gasteiger partial charge is 0.342 e. The number of nitrogens with one attached hydrogen (secondary N) is 1. The van der Waals surface area contributed by atoms with Gasteiger partial charge in [0.25, 0.3) is 0 Å². The number of ether oxygens (including phenoxy) is 1. The van der Waals surface area contributed by atoms with E-state index < -0.39 is 5.97 Å². The summed E-state index contributed by atoms with van der Waals surface area (Å²) in [6.45, 7) is 6.45. The number of nitrogen functional groups attached to an aromatic ring is 1. The molecule has 0 amide bonds. The summed E-state index contributed by atoms with van der Waals surface area (Å²) >= 11 is 2.91. The maximum Gasteiger partial charge on any atom is 0.342 e. The van der Waals surface area contributed by atoms with Crippen LogP contribution in [0.25, 0.3) is 11.1 Å². The van der Waals surface area contributed by atoms with E-state index in [2.05, 4.69) is 25.5 Å². The molecular formula is C15H18N6O3S2. The van der Waals surface area contributed by atoms with E-state index in [1.165, 1.54) is 23.1 Å². The van der Waals surface area contributed by atoms with E-state index in [1.54, 1.807) is 13.8 Å². The molecule has 11 heteroatoms. The van der Waals surface area contributed by atoms with Crippen LogP contribution in [0.2, 0.25) is 0 Å². The quantitative estimate of drug-likeness (QED) is 0.456. The van der Waals surface area contributed by atoms with Gasteiger partial charge in [-0.05, 0) is 20.8 Å². The molecule has 0 bridgehead atoms. The molecule has 138 valence electrons. The van der Waals surface area contributed by atoms with Gasteiger partial charge < -0.3 is 20.2 Å². The lowest BCUT2D eigenvalue weighted by Crippen LogP contribution is -2.07. The van der Waals surface area contributed by atoms with Crippen LogP contribution in [-0.4, -0.2) is 39.3 Å². The number of rotatable bonds is 7. The first-order valence-electron chi connectivity index (χ1n) is 7.96. The van der Waals surface area contributed by atoms with Crippen LogP contribution in [0.3, 0.4) is 0 Å². The summed E-state index contributed by atoms with van der Waals surface area (Å²) < 4.78 is 11.5. The van der Waals surface area contributed by atoms with E-state index in [9.17, 15) is 4.79 Å². The van der Waals surface area contributed by atoms with Crippen molar-refractivity contribution in [2.75, 3.05) is 24.2 Å². The summed E-state index contributed by atoms with van der Waals surface area (Å²) in [6.07, 6.45) is 0. The maximum atomic E-state index is 12.1. The average Bonchev–Trinajstić information content (AvgIpc) is 3.17. The van der Waals surface area contributed by atoms with Crippen LogP contribution in [0.5, 0.6) is 0 Å². The number of carbonyl (C=O) groups is 1. The number of anilines is 2. The molecule has 0 spiro atoms. The second-order valence-corrected chi connectivity index (χ2v) is 7.35. The lowest BCUT2D eigenvalue weighted by atomic mass is 10.2. The fourth-order valence-electron chi connectivity index (χ4n) is 2.31. The van der Waals surface area contributed by atoms with Gasteiger partial charge in [0, 0.05) is 6.54 Å². The van der Waals surface area contributed by atoms with Crippen LogP contribution in [0, 0.1) is 6.92 Å². The van der Waals surface area contributed by atoms with Crippen LogP contribution in [0.4, 0.5) is 10.9 Å². The van der Waals surface area contributed by atoms with E-state index in [-0.39, 0.29) is 23.7 Å². The number of furan rings is 1. The maximum absolute atomic E-state index is 12.1. The van der Waals surface area contributed by atoms with Crippen LogP contribution in [0.15, 0.2) is 8.76 Å². The van der Waals surface area contributed by atoms with Crippen LogP contribution >= 0.6 is 23.1 Å². The first-order chi connectivity index (χ1) is 12.5. The standard InChI is InChI=1S/C15H18N6O3S2/c1-4-17-14-20-21-15(26-14)25-6-8-18-11(16)10-9(13(22)23-5-2)7(3)24-12(10)19-8/h4-6H2,1-3H3,(H,17,20)(H2,16,18,19). The second kappa shape index (κ2) is 7.87. The zero-order valence-corrected chi connectivity index (χ0v) is 16.2. The Morgan fingerprint density at radius 2 is 2.15 bits per heavy atom. The van der Waals surface area contributed by atoms with Crippen LogP contribution in [-0.2, 0) is 10.5 Å². The Hall–Kier alpha value is -2.40. The molecule has 0 atom stereocenters. The van der Waals surface area contributed by atoms with Crippen molar-refractivity contribution >= 4 is 51.1 Å². The lowest BCUT2D eigenvalue weighted by Gasteiger charge is -2.03. The zero-order chi connectivity index (χ0) is 18.7. The van der Waals surface area contributed by atoms with Crippen LogP contribution in [0.1, 0.15) is 35.8 Å². The molecule has 0 aliphatic heterocycles. The molecule has 3 N–H and O–H groups in total. The topological polar surface area (TPSA) is 129 Å². The summed E-state index contributed by atoms with van der Waals surface area (Å²) in [5.41, 5.74) is 6.61. The highest BCUT2D eigenvalue weighted by Crippen LogP contribution is 2.31. The molecular weight excluding hydrogens is 376 g/mol. The zero-order valence-electron chi connectivity index (χ0n) is 14.5. The highest BCUT2D eigenvalue weighted by atomic mass is 32.2. The van der Waals surface area contributed by atoms with Gasteiger partial charge in [0.05, 0.1) is 17.7 Å². The van der Waals surface area contributed by atoms with Gasteiger partial charge in [-0.2, -0.15) is 4.98 Å². The highest BCUT2D eigenvalue weighted by Gasteiger charge is 2.23. The third-order valence-electron chi connectivity index (χ3n) is 3.34. The molecule has 3 heterocycles. The normalized spacial score (nSPS) is 11.0. The molecule has 0 saturated carbocycles. The van der Waals surface area contributed by atoms with E-state index in [1.807, 2.05) is 6.92 Å². The van der Waals surface area contributed by atoms with Crippen molar-refractivity contribution in [3.8, 4) is 0 Å². The van der Waals surface area contributed by atoms with E-state index in [0.29, 0.717) is 22.7 Å². The molecule has 9 nitrogen and oxygen atoms in total. The van der Waals surface area contributed by atoms with E-state index in [0.717, 1.165) is 16.0 Å². The molecule has 0 aliphatic carbocycles. The third-order valence-corrected chi connectivity index (χ3v) is 5.35. The van der Waals surface area contributed by atoms with Gasteiger partial charge in [0.1, 0.15) is 23.0 Å². The Balaban J connectivity index is 1.83. The summed E-state index contributed by atoms with van der Waals surface area (Å²) in [5, 5.41) is 12.4. The number of hydrogen-bond donors (Lipinski definition) is 2. The second-order valence-electron chi connectivity index (χ2n) is 5.15. The van der Waals surface area contributed by atoms with Crippen molar-refractivity contribution in [3.63, 3.8) is 0 Å². The van der Waals surface area contributed by atoms with Gasteiger partial charge in [-0.1, -0.05) is 23.1 Å².